The van der Waals surface area contributed by atoms with Crippen molar-refractivity contribution < 1.29 is 14.6 Å². The van der Waals surface area contributed by atoms with E-state index >= 15 is 0 Å². The van der Waals surface area contributed by atoms with Gasteiger partial charge < -0.3 is 19.9 Å². The molecule has 0 aliphatic carbocycles. The monoisotopic (exact) mass is 281 g/mol. The van der Waals surface area contributed by atoms with Gasteiger partial charge in [0.15, 0.2) is 0 Å². The van der Waals surface area contributed by atoms with Gasteiger partial charge >= 0.3 is 0 Å². The van der Waals surface area contributed by atoms with E-state index in [1.165, 1.54) is 5.56 Å². The predicted octanol–water partition coefficient (Wildman–Crippen LogP) is 2.46. The number of aliphatic hydroxyl groups is 1. The van der Waals surface area contributed by atoms with Crippen molar-refractivity contribution in [3.8, 4) is 0 Å². The molecule has 0 aliphatic rings. The van der Waals surface area contributed by atoms with Gasteiger partial charge in [0.1, 0.15) is 0 Å². The molecule has 0 spiro atoms. The Labute approximate surface area is 122 Å². The fourth-order valence-electron chi connectivity index (χ4n) is 1.93. The Bertz CT molecular complexity index is 353. The van der Waals surface area contributed by atoms with Gasteiger partial charge in [0.05, 0.1) is 25.4 Å². The second kappa shape index (κ2) is 9.75. The molecule has 114 valence electrons. The molecule has 4 heteroatoms. The van der Waals surface area contributed by atoms with Crippen LogP contribution in [0.5, 0.6) is 0 Å². The van der Waals surface area contributed by atoms with Crippen LogP contribution in [-0.2, 0) is 15.9 Å². The molecule has 0 fully saturated rings. The van der Waals surface area contributed by atoms with Crippen molar-refractivity contribution in [2.75, 3.05) is 32.2 Å². The van der Waals surface area contributed by atoms with Crippen LogP contribution in [0.3, 0.4) is 0 Å². The number of ether oxygens (including phenoxy) is 2. The molecule has 2 unspecified atom stereocenters. The van der Waals surface area contributed by atoms with Crippen molar-refractivity contribution in [2.24, 2.45) is 0 Å². The SMILES string of the molecule is CCCc1ccc(NCC(O)COC(C)COC)cc1. The third-order valence-corrected chi connectivity index (χ3v) is 3.01. The number of hydrogen-bond acceptors (Lipinski definition) is 4. The van der Waals surface area contributed by atoms with Crippen molar-refractivity contribution >= 4 is 5.69 Å². The molecule has 0 saturated carbocycles. The third kappa shape index (κ3) is 6.89. The molecule has 0 aliphatic heterocycles. The van der Waals surface area contributed by atoms with Gasteiger partial charge in [-0.05, 0) is 31.0 Å². The van der Waals surface area contributed by atoms with Crippen LogP contribution in [0, 0.1) is 0 Å². The summed E-state index contributed by atoms with van der Waals surface area (Å²) in [7, 11) is 1.64. The molecule has 4 nitrogen and oxygen atoms in total. The van der Waals surface area contributed by atoms with Crippen LogP contribution >= 0.6 is 0 Å². The molecule has 0 radical (unpaired) electrons. The lowest BCUT2D eigenvalue weighted by Gasteiger charge is -2.17. The average Bonchev–Trinajstić information content (AvgIpc) is 2.45. The smallest absolute Gasteiger partial charge is 0.0945 e. The molecular formula is C16H27NO3. The van der Waals surface area contributed by atoms with Crippen molar-refractivity contribution in [1.29, 1.82) is 0 Å². The molecule has 2 atom stereocenters. The van der Waals surface area contributed by atoms with Crippen LogP contribution in [0.25, 0.3) is 0 Å². The zero-order valence-corrected chi connectivity index (χ0v) is 12.8. The Morgan fingerprint density at radius 2 is 1.90 bits per heavy atom. The molecule has 0 amide bonds. The Morgan fingerprint density at radius 3 is 2.50 bits per heavy atom. The van der Waals surface area contributed by atoms with Crippen LogP contribution in [0.4, 0.5) is 5.69 Å². The normalized spacial score (nSPS) is 14.0. The number of rotatable bonds is 10. The molecule has 0 aromatic heterocycles. The molecule has 2 N–H and O–H groups in total. The quantitative estimate of drug-likeness (QED) is 0.692. The predicted molar refractivity (Wildman–Crippen MR) is 82.2 cm³/mol. The fourth-order valence-corrected chi connectivity index (χ4v) is 1.93. The Balaban J connectivity index is 2.24. The standard InChI is InChI=1S/C16H27NO3/c1-4-5-14-6-8-15(9-7-14)17-10-16(18)12-20-13(2)11-19-3/h6-9,13,16-18H,4-5,10-12H2,1-3H3. The lowest BCUT2D eigenvalue weighted by molar-refractivity contribution is -0.0282. The highest BCUT2D eigenvalue weighted by atomic mass is 16.5. The van der Waals surface area contributed by atoms with Crippen LogP contribution < -0.4 is 5.32 Å². The van der Waals surface area contributed by atoms with E-state index in [0.717, 1.165) is 18.5 Å². The number of aliphatic hydroxyl groups excluding tert-OH is 1. The van der Waals surface area contributed by atoms with E-state index in [4.69, 9.17) is 9.47 Å². The van der Waals surface area contributed by atoms with Crippen LogP contribution in [0.15, 0.2) is 24.3 Å². The minimum Gasteiger partial charge on any atom is -0.389 e. The largest absolute Gasteiger partial charge is 0.389 e. The Kier molecular flexibility index (Phi) is 8.26. The first-order valence-electron chi connectivity index (χ1n) is 7.27. The van der Waals surface area contributed by atoms with E-state index in [0.29, 0.717) is 19.8 Å². The molecule has 0 saturated heterocycles. The second-order valence-electron chi connectivity index (χ2n) is 5.08. The number of anilines is 1. The van der Waals surface area contributed by atoms with Gasteiger partial charge in [-0.2, -0.15) is 0 Å². The topological polar surface area (TPSA) is 50.7 Å². The third-order valence-electron chi connectivity index (χ3n) is 3.01. The van der Waals surface area contributed by atoms with Crippen molar-refractivity contribution in [1.82, 2.24) is 0 Å². The first-order valence-corrected chi connectivity index (χ1v) is 7.27. The summed E-state index contributed by atoms with van der Waals surface area (Å²) in [4.78, 5) is 0. The number of hydrogen-bond donors (Lipinski definition) is 2. The molecule has 1 rings (SSSR count). The van der Waals surface area contributed by atoms with E-state index in [1.54, 1.807) is 7.11 Å². The van der Waals surface area contributed by atoms with E-state index in [9.17, 15) is 5.11 Å². The Morgan fingerprint density at radius 1 is 1.20 bits per heavy atom. The molecule has 0 bridgehead atoms. The lowest BCUT2D eigenvalue weighted by atomic mass is 10.1. The minimum absolute atomic E-state index is 0.00276. The number of methoxy groups -OCH3 is 1. The molecule has 1 aromatic rings. The molecular weight excluding hydrogens is 254 g/mol. The maximum atomic E-state index is 9.84. The number of benzene rings is 1. The molecule has 0 heterocycles. The minimum atomic E-state index is -0.523. The zero-order valence-electron chi connectivity index (χ0n) is 12.8. The van der Waals surface area contributed by atoms with E-state index in [1.807, 2.05) is 19.1 Å². The van der Waals surface area contributed by atoms with Gasteiger partial charge in [-0.3, -0.25) is 0 Å². The van der Waals surface area contributed by atoms with E-state index < -0.39 is 6.10 Å². The van der Waals surface area contributed by atoms with Gasteiger partial charge in [-0.25, -0.2) is 0 Å². The number of aryl methyl sites for hydroxylation is 1. The van der Waals surface area contributed by atoms with Gasteiger partial charge in [-0.15, -0.1) is 0 Å². The van der Waals surface area contributed by atoms with Gasteiger partial charge in [0, 0.05) is 19.3 Å². The highest BCUT2D eigenvalue weighted by Gasteiger charge is 2.07. The highest BCUT2D eigenvalue weighted by Crippen LogP contribution is 2.11. The summed E-state index contributed by atoms with van der Waals surface area (Å²) < 4.78 is 10.4. The Hall–Kier alpha value is -1.10. The summed E-state index contributed by atoms with van der Waals surface area (Å²) >= 11 is 0. The zero-order chi connectivity index (χ0) is 14.8. The summed E-state index contributed by atoms with van der Waals surface area (Å²) in [6.45, 7) is 5.43. The number of nitrogens with one attached hydrogen (secondary N) is 1. The second-order valence-corrected chi connectivity index (χ2v) is 5.08. The fraction of sp³-hybridized carbons (Fsp3) is 0.625. The van der Waals surface area contributed by atoms with E-state index in [-0.39, 0.29) is 6.10 Å². The molecule has 1 aromatic carbocycles. The van der Waals surface area contributed by atoms with Gasteiger partial charge in [0.25, 0.3) is 0 Å². The maximum absolute atomic E-state index is 9.84. The summed E-state index contributed by atoms with van der Waals surface area (Å²) in [5, 5.41) is 13.0. The summed E-state index contributed by atoms with van der Waals surface area (Å²) in [5.74, 6) is 0. The van der Waals surface area contributed by atoms with Gasteiger partial charge in [-0.1, -0.05) is 25.5 Å². The first-order chi connectivity index (χ1) is 9.65. The van der Waals surface area contributed by atoms with Crippen molar-refractivity contribution in [2.45, 2.75) is 38.9 Å². The first kappa shape index (κ1) is 17.0. The average molecular weight is 281 g/mol. The van der Waals surface area contributed by atoms with Crippen LogP contribution in [0.2, 0.25) is 0 Å². The lowest BCUT2D eigenvalue weighted by Crippen LogP contribution is -2.28. The molecule has 20 heavy (non-hydrogen) atoms. The highest BCUT2D eigenvalue weighted by molar-refractivity contribution is 5.44. The summed E-state index contributed by atoms with van der Waals surface area (Å²) in [6, 6.07) is 8.34. The van der Waals surface area contributed by atoms with Gasteiger partial charge in [0.2, 0.25) is 0 Å². The summed E-state index contributed by atoms with van der Waals surface area (Å²) in [6.07, 6.45) is 1.74. The van der Waals surface area contributed by atoms with E-state index in [2.05, 4.69) is 24.4 Å². The van der Waals surface area contributed by atoms with Crippen molar-refractivity contribution in [3.63, 3.8) is 0 Å². The van der Waals surface area contributed by atoms with Crippen molar-refractivity contribution in [3.05, 3.63) is 29.8 Å². The summed E-state index contributed by atoms with van der Waals surface area (Å²) in [5.41, 5.74) is 2.36. The van der Waals surface area contributed by atoms with Crippen LogP contribution in [-0.4, -0.2) is 44.2 Å². The van der Waals surface area contributed by atoms with Crippen LogP contribution in [0.1, 0.15) is 25.8 Å². The maximum Gasteiger partial charge on any atom is 0.0945 e.